The fourth-order valence-corrected chi connectivity index (χ4v) is 2.29. The Morgan fingerprint density at radius 2 is 2.22 bits per heavy atom. The van der Waals surface area contributed by atoms with Gasteiger partial charge in [0.1, 0.15) is 0 Å². The summed E-state index contributed by atoms with van der Waals surface area (Å²) in [5, 5.41) is 4.01. The van der Waals surface area contributed by atoms with E-state index in [1.165, 1.54) is 0 Å². The molecule has 2 aromatic rings. The first-order valence-corrected chi connectivity index (χ1v) is 6.10. The van der Waals surface area contributed by atoms with Crippen molar-refractivity contribution in [3.8, 4) is 11.5 Å². The number of nitrogens with two attached hydrogens (primary N) is 1. The van der Waals surface area contributed by atoms with Gasteiger partial charge in [-0.05, 0) is 25.0 Å². The summed E-state index contributed by atoms with van der Waals surface area (Å²) in [7, 11) is 0. The molecule has 0 spiro atoms. The van der Waals surface area contributed by atoms with Gasteiger partial charge in [-0.25, -0.2) is 0 Å². The molecule has 1 fully saturated rings. The van der Waals surface area contributed by atoms with Gasteiger partial charge in [0.15, 0.2) is 0 Å². The van der Waals surface area contributed by atoms with Crippen LogP contribution in [0.5, 0.6) is 0 Å². The number of hydrogen-bond acceptors (Lipinski definition) is 5. The third-order valence-corrected chi connectivity index (χ3v) is 3.56. The summed E-state index contributed by atoms with van der Waals surface area (Å²) in [6.07, 6.45) is 3.49. The molecular weight excluding hydrogens is 232 g/mol. The Bertz CT molecular complexity index is 500. The number of aromatic amines is 1. The lowest BCUT2D eigenvalue weighted by Gasteiger charge is -2.32. The van der Waals surface area contributed by atoms with Gasteiger partial charge in [0, 0.05) is 26.0 Å². The molecule has 6 heteroatoms. The molecule has 0 atom stereocenters. The second-order valence-electron chi connectivity index (χ2n) is 4.60. The Morgan fingerprint density at radius 1 is 1.39 bits per heavy atom. The fourth-order valence-electron chi connectivity index (χ4n) is 2.29. The number of hydrogen-bond donors (Lipinski definition) is 2. The van der Waals surface area contributed by atoms with Crippen molar-refractivity contribution < 1.29 is 9.26 Å². The highest BCUT2D eigenvalue weighted by Gasteiger charge is 2.38. The van der Waals surface area contributed by atoms with Gasteiger partial charge in [0.2, 0.25) is 11.7 Å². The summed E-state index contributed by atoms with van der Waals surface area (Å²) in [4.78, 5) is 7.53. The van der Waals surface area contributed by atoms with Gasteiger partial charge < -0.3 is 20.0 Å². The van der Waals surface area contributed by atoms with Crippen LogP contribution in [0.1, 0.15) is 18.7 Å². The van der Waals surface area contributed by atoms with E-state index >= 15 is 0 Å². The van der Waals surface area contributed by atoms with Crippen molar-refractivity contribution in [2.75, 3.05) is 19.8 Å². The average molecular weight is 248 g/mol. The van der Waals surface area contributed by atoms with Crippen molar-refractivity contribution in [2.45, 2.75) is 18.3 Å². The maximum absolute atomic E-state index is 5.91. The molecule has 0 aromatic carbocycles. The molecule has 3 rings (SSSR count). The summed E-state index contributed by atoms with van der Waals surface area (Å²) < 4.78 is 10.8. The third kappa shape index (κ3) is 1.83. The van der Waals surface area contributed by atoms with Crippen molar-refractivity contribution >= 4 is 0 Å². The van der Waals surface area contributed by atoms with Gasteiger partial charge in [-0.1, -0.05) is 5.16 Å². The van der Waals surface area contributed by atoms with Crippen molar-refractivity contribution in [3.63, 3.8) is 0 Å². The van der Waals surface area contributed by atoms with Crippen LogP contribution in [-0.2, 0) is 10.2 Å². The Hall–Kier alpha value is -1.66. The highest BCUT2D eigenvalue weighted by molar-refractivity contribution is 5.48. The quantitative estimate of drug-likeness (QED) is 0.848. The summed E-state index contributed by atoms with van der Waals surface area (Å²) in [5.74, 6) is 1.20. The van der Waals surface area contributed by atoms with Crippen LogP contribution in [0.2, 0.25) is 0 Å². The SMILES string of the molecule is NCC1(c2nc(-c3ccc[nH]3)no2)CCOCC1. The minimum atomic E-state index is -0.226. The second-order valence-corrected chi connectivity index (χ2v) is 4.60. The predicted molar refractivity (Wildman–Crippen MR) is 64.9 cm³/mol. The highest BCUT2D eigenvalue weighted by Crippen LogP contribution is 2.33. The summed E-state index contributed by atoms with van der Waals surface area (Å²) in [6, 6.07) is 3.81. The average Bonchev–Trinajstić information content (AvgIpc) is 3.10. The molecule has 0 bridgehead atoms. The van der Waals surface area contributed by atoms with E-state index in [9.17, 15) is 0 Å². The van der Waals surface area contributed by atoms with Gasteiger partial charge in [0.05, 0.1) is 11.1 Å². The first-order valence-electron chi connectivity index (χ1n) is 6.10. The number of H-pyrrole nitrogens is 1. The van der Waals surface area contributed by atoms with Crippen LogP contribution in [0.25, 0.3) is 11.5 Å². The molecular formula is C12H16N4O2. The highest BCUT2D eigenvalue weighted by atomic mass is 16.5. The van der Waals surface area contributed by atoms with E-state index in [0.717, 1.165) is 18.5 Å². The standard InChI is InChI=1S/C12H16N4O2/c13-8-12(3-6-17-7-4-12)11-15-10(16-18-11)9-2-1-5-14-9/h1-2,5,14H,3-4,6-8,13H2. The topological polar surface area (TPSA) is 90.0 Å². The molecule has 2 aromatic heterocycles. The molecule has 96 valence electrons. The number of aromatic nitrogens is 3. The zero-order valence-corrected chi connectivity index (χ0v) is 10.1. The predicted octanol–water partition coefficient (Wildman–Crippen LogP) is 1.07. The molecule has 3 N–H and O–H groups in total. The van der Waals surface area contributed by atoms with Crippen LogP contribution in [0, 0.1) is 0 Å². The Labute approximate surface area is 105 Å². The van der Waals surface area contributed by atoms with Gasteiger partial charge in [-0.2, -0.15) is 4.98 Å². The van der Waals surface area contributed by atoms with Gasteiger partial charge in [-0.15, -0.1) is 0 Å². The minimum Gasteiger partial charge on any atom is -0.381 e. The normalized spacial score (nSPS) is 18.9. The lowest BCUT2D eigenvalue weighted by Crippen LogP contribution is -2.40. The van der Waals surface area contributed by atoms with Crippen molar-refractivity contribution in [2.24, 2.45) is 5.73 Å². The van der Waals surface area contributed by atoms with E-state index in [1.54, 1.807) is 0 Å². The van der Waals surface area contributed by atoms with Gasteiger partial charge >= 0.3 is 0 Å². The lowest BCUT2D eigenvalue weighted by atomic mass is 9.80. The molecule has 1 saturated heterocycles. The van der Waals surface area contributed by atoms with Crippen molar-refractivity contribution in [1.82, 2.24) is 15.1 Å². The van der Waals surface area contributed by atoms with Crippen LogP contribution in [0.15, 0.2) is 22.9 Å². The second kappa shape index (κ2) is 4.55. The summed E-state index contributed by atoms with van der Waals surface area (Å²) in [5.41, 5.74) is 6.53. The van der Waals surface area contributed by atoms with E-state index in [4.69, 9.17) is 15.0 Å². The molecule has 0 amide bonds. The zero-order valence-electron chi connectivity index (χ0n) is 10.1. The Morgan fingerprint density at radius 3 is 2.89 bits per heavy atom. The molecule has 18 heavy (non-hydrogen) atoms. The Kier molecular flexibility index (Phi) is 2.89. The smallest absolute Gasteiger partial charge is 0.234 e. The van der Waals surface area contributed by atoms with Crippen LogP contribution in [0.4, 0.5) is 0 Å². The molecule has 0 radical (unpaired) electrons. The first kappa shape index (κ1) is 11.4. The molecule has 3 heterocycles. The van der Waals surface area contributed by atoms with Crippen LogP contribution in [-0.4, -0.2) is 34.9 Å². The lowest BCUT2D eigenvalue weighted by molar-refractivity contribution is 0.0409. The van der Waals surface area contributed by atoms with Crippen LogP contribution in [0.3, 0.4) is 0 Å². The zero-order chi connectivity index (χ0) is 12.4. The monoisotopic (exact) mass is 248 g/mol. The Balaban J connectivity index is 1.92. The molecule has 0 aliphatic carbocycles. The number of nitrogens with one attached hydrogen (secondary N) is 1. The maximum atomic E-state index is 5.91. The van der Waals surface area contributed by atoms with E-state index in [2.05, 4.69) is 15.1 Å². The first-order chi connectivity index (χ1) is 8.84. The third-order valence-electron chi connectivity index (χ3n) is 3.56. The minimum absolute atomic E-state index is 0.226. The largest absolute Gasteiger partial charge is 0.381 e. The molecule has 1 aliphatic rings. The van der Waals surface area contributed by atoms with E-state index in [-0.39, 0.29) is 5.41 Å². The number of ether oxygens (including phenoxy) is 1. The number of rotatable bonds is 3. The van der Waals surface area contributed by atoms with Crippen molar-refractivity contribution in [1.29, 1.82) is 0 Å². The molecule has 0 unspecified atom stereocenters. The van der Waals surface area contributed by atoms with E-state index in [1.807, 2.05) is 18.3 Å². The van der Waals surface area contributed by atoms with Crippen LogP contribution < -0.4 is 5.73 Å². The molecule has 1 aliphatic heterocycles. The van der Waals surface area contributed by atoms with Gasteiger partial charge in [0.25, 0.3) is 0 Å². The van der Waals surface area contributed by atoms with Crippen LogP contribution >= 0.6 is 0 Å². The van der Waals surface area contributed by atoms with E-state index in [0.29, 0.717) is 31.5 Å². The van der Waals surface area contributed by atoms with Crippen molar-refractivity contribution in [3.05, 3.63) is 24.2 Å². The molecule has 0 saturated carbocycles. The fraction of sp³-hybridized carbons (Fsp3) is 0.500. The van der Waals surface area contributed by atoms with Gasteiger partial charge in [-0.3, -0.25) is 0 Å². The maximum Gasteiger partial charge on any atom is 0.234 e. The summed E-state index contributed by atoms with van der Waals surface area (Å²) in [6.45, 7) is 1.89. The van der Waals surface area contributed by atoms with E-state index < -0.39 is 0 Å². The summed E-state index contributed by atoms with van der Waals surface area (Å²) >= 11 is 0. The molecule has 6 nitrogen and oxygen atoms in total. The number of nitrogens with zero attached hydrogens (tertiary/aromatic N) is 2.